The van der Waals surface area contributed by atoms with Crippen molar-refractivity contribution in [1.29, 1.82) is 0 Å². The van der Waals surface area contributed by atoms with Gasteiger partial charge >= 0.3 is 0 Å². The van der Waals surface area contributed by atoms with Crippen LogP contribution < -0.4 is 5.43 Å². The summed E-state index contributed by atoms with van der Waals surface area (Å²) >= 11 is 0. The molecule has 2 saturated heterocycles. The first kappa shape index (κ1) is 16.5. The number of piperidine rings is 1. The second-order valence-corrected chi connectivity index (χ2v) is 8.00. The second kappa shape index (κ2) is 6.42. The van der Waals surface area contributed by atoms with Gasteiger partial charge in [0, 0.05) is 39.0 Å². The molecule has 136 valence electrons. The molecule has 4 aliphatic rings. The van der Waals surface area contributed by atoms with Crippen LogP contribution in [0.1, 0.15) is 51.4 Å². The number of carbonyl (C=O) groups excluding carboxylic acids is 3. The molecule has 3 heterocycles. The Morgan fingerprint density at radius 3 is 2.68 bits per heavy atom. The molecule has 4 rings (SSSR count). The van der Waals surface area contributed by atoms with Crippen LogP contribution in [0.15, 0.2) is 5.10 Å². The van der Waals surface area contributed by atoms with E-state index >= 15 is 0 Å². The van der Waals surface area contributed by atoms with E-state index in [1.54, 1.807) is 4.90 Å². The molecule has 7 nitrogen and oxygen atoms in total. The van der Waals surface area contributed by atoms with Gasteiger partial charge in [-0.05, 0) is 38.0 Å². The third-order valence-electron chi connectivity index (χ3n) is 6.32. The first-order chi connectivity index (χ1) is 12.1. The molecule has 0 aromatic rings. The molecule has 3 aliphatic heterocycles. The zero-order valence-corrected chi connectivity index (χ0v) is 14.6. The predicted molar refractivity (Wildman–Crippen MR) is 91.6 cm³/mol. The van der Waals surface area contributed by atoms with Gasteiger partial charge in [0.25, 0.3) is 5.91 Å². The van der Waals surface area contributed by atoms with Crippen LogP contribution in [0.2, 0.25) is 0 Å². The van der Waals surface area contributed by atoms with Gasteiger partial charge in [0.05, 0.1) is 5.41 Å². The summed E-state index contributed by atoms with van der Waals surface area (Å²) < 4.78 is 0. The maximum Gasteiger partial charge on any atom is 0.270 e. The standard InChI is InChI=1S/C18H26N4O3/c23-15-6-5-14(19-20-15)16(24)22-10-8-18(12-22)7-2-9-21(17(18)25)11-13-3-1-4-13/h13H,1-12H2,(H,20,23). The first-order valence-corrected chi connectivity index (χ1v) is 9.51. The minimum Gasteiger partial charge on any atom is -0.342 e. The number of amides is 3. The van der Waals surface area contributed by atoms with Crippen molar-refractivity contribution in [3.05, 3.63) is 0 Å². The molecule has 0 aromatic carbocycles. The van der Waals surface area contributed by atoms with E-state index in [9.17, 15) is 14.4 Å². The Balaban J connectivity index is 1.42. The molecule has 7 heteroatoms. The van der Waals surface area contributed by atoms with Gasteiger partial charge in [0.15, 0.2) is 0 Å². The van der Waals surface area contributed by atoms with Crippen molar-refractivity contribution < 1.29 is 14.4 Å². The number of likely N-dealkylation sites (tertiary alicyclic amines) is 2. The summed E-state index contributed by atoms with van der Waals surface area (Å²) in [5, 5.41) is 3.91. The zero-order valence-electron chi connectivity index (χ0n) is 14.6. The molecule has 1 aliphatic carbocycles. The van der Waals surface area contributed by atoms with Crippen molar-refractivity contribution >= 4 is 23.4 Å². The highest BCUT2D eigenvalue weighted by Crippen LogP contribution is 2.41. The normalized spacial score (nSPS) is 30.3. The number of rotatable bonds is 3. The van der Waals surface area contributed by atoms with Crippen LogP contribution in [0, 0.1) is 11.3 Å². The number of hydrogen-bond donors (Lipinski definition) is 1. The van der Waals surface area contributed by atoms with E-state index in [1.807, 2.05) is 0 Å². The lowest BCUT2D eigenvalue weighted by molar-refractivity contribution is -0.147. The minimum absolute atomic E-state index is 0.124. The molecule has 1 spiro atoms. The fourth-order valence-electron chi connectivity index (χ4n) is 4.55. The molecule has 3 fully saturated rings. The Morgan fingerprint density at radius 1 is 1.16 bits per heavy atom. The Labute approximate surface area is 147 Å². The number of hydrogen-bond acceptors (Lipinski definition) is 4. The van der Waals surface area contributed by atoms with Crippen molar-refractivity contribution in [2.45, 2.75) is 51.4 Å². The van der Waals surface area contributed by atoms with Crippen molar-refractivity contribution in [3.63, 3.8) is 0 Å². The highest BCUT2D eigenvalue weighted by atomic mass is 16.2. The fraction of sp³-hybridized carbons (Fsp3) is 0.778. The number of nitrogens with zero attached hydrogens (tertiary/aromatic N) is 3. The first-order valence-electron chi connectivity index (χ1n) is 9.51. The number of hydrazone groups is 1. The zero-order chi connectivity index (χ0) is 17.4. The smallest absolute Gasteiger partial charge is 0.270 e. The monoisotopic (exact) mass is 346 g/mol. The van der Waals surface area contributed by atoms with E-state index in [2.05, 4.69) is 15.4 Å². The summed E-state index contributed by atoms with van der Waals surface area (Å²) in [6, 6.07) is 0. The minimum atomic E-state index is -0.393. The molecule has 1 atom stereocenters. The lowest BCUT2D eigenvalue weighted by Gasteiger charge is -2.42. The molecular weight excluding hydrogens is 320 g/mol. The molecule has 1 N–H and O–H groups in total. The largest absolute Gasteiger partial charge is 0.342 e. The second-order valence-electron chi connectivity index (χ2n) is 8.00. The third kappa shape index (κ3) is 3.04. The van der Waals surface area contributed by atoms with Crippen LogP contribution in [0.3, 0.4) is 0 Å². The van der Waals surface area contributed by atoms with Gasteiger partial charge in [0.2, 0.25) is 11.8 Å². The van der Waals surface area contributed by atoms with E-state index in [0.717, 1.165) is 32.4 Å². The maximum atomic E-state index is 13.1. The van der Waals surface area contributed by atoms with E-state index in [4.69, 9.17) is 0 Å². The van der Waals surface area contributed by atoms with Gasteiger partial charge < -0.3 is 9.80 Å². The molecule has 3 amide bonds. The van der Waals surface area contributed by atoms with E-state index < -0.39 is 5.41 Å². The summed E-state index contributed by atoms with van der Waals surface area (Å²) in [4.78, 5) is 40.8. The van der Waals surface area contributed by atoms with Gasteiger partial charge in [0.1, 0.15) is 5.71 Å². The predicted octanol–water partition coefficient (Wildman–Crippen LogP) is 0.894. The highest BCUT2D eigenvalue weighted by molar-refractivity contribution is 6.39. The van der Waals surface area contributed by atoms with Crippen LogP contribution >= 0.6 is 0 Å². The van der Waals surface area contributed by atoms with Gasteiger partial charge in [-0.2, -0.15) is 5.10 Å². The lowest BCUT2D eigenvalue weighted by atomic mass is 9.77. The Hall–Kier alpha value is -1.92. The Kier molecular flexibility index (Phi) is 4.25. The van der Waals surface area contributed by atoms with Crippen molar-refractivity contribution in [2.24, 2.45) is 16.4 Å². The Morgan fingerprint density at radius 2 is 2.00 bits per heavy atom. The molecule has 0 radical (unpaired) electrons. The Bertz CT molecular complexity index is 628. The maximum absolute atomic E-state index is 13.1. The van der Waals surface area contributed by atoms with Crippen LogP contribution in [-0.4, -0.2) is 59.4 Å². The van der Waals surface area contributed by atoms with Gasteiger partial charge in [-0.3, -0.25) is 14.4 Å². The van der Waals surface area contributed by atoms with Crippen LogP contribution in [-0.2, 0) is 14.4 Å². The van der Waals surface area contributed by atoms with E-state index in [-0.39, 0.29) is 17.7 Å². The summed E-state index contributed by atoms with van der Waals surface area (Å²) in [6.07, 6.45) is 7.11. The number of nitrogens with one attached hydrogen (secondary N) is 1. The SMILES string of the molecule is O=C1CCC(C(=O)N2CCC3(CCCN(CC4CCC4)C3=O)C2)=NN1. The van der Waals surface area contributed by atoms with Crippen molar-refractivity contribution in [2.75, 3.05) is 26.2 Å². The van der Waals surface area contributed by atoms with E-state index in [0.29, 0.717) is 37.6 Å². The van der Waals surface area contributed by atoms with Crippen LogP contribution in [0.5, 0.6) is 0 Å². The molecule has 1 unspecified atom stereocenters. The molecule has 25 heavy (non-hydrogen) atoms. The van der Waals surface area contributed by atoms with E-state index in [1.165, 1.54) is 19.3 Å². The number of carbonyl (C=O) groups is 3. The van der Waals surface area contributed by atoms with Crippen molar-refractivity contribution in [3.8, 4) is 0 Å². The van der Waals surface area contributed by atoms with Crippen molar-refractivity contribution in [1.82, 2.24) is 15.2 Å². The third-order valence-corrected chi connectivity index (χ3v) is 6.32. The van der Waals surface area contributed by atoms with Gasteiger partial charge in [-0.25, -0.2) is 5.43 Å². The van der Waals surface area contributed by atoms with Crippen LogP contribution in [0.4, 0.5) is 0 Å². The average molecular weight is 346 g/mol. The topological polar surface area (TPSA) is 82.1 Å². The molecule has 0 bridgehead atoms. The highest BCUT2D eigenvalue weighted by Gasteiger charge is 2.50. The molecular formula is C18H26N4O3. The fourth-order valence-corrected chi connectivity index (χ4v) is 4.55. The summed E-state index contributed by atoms with van der Waals surface area (Å²) in [6.45, 7) is 2.87. The molecule has 0 aromatic heterocycles. The average Bonchev–Trinajstić information content (AvgIpc) is 3.00. The van der Waals surface area contributed by atoms with Gasteiger partial charge in [-0.1, -0.05) is 6.42 Å². The lowest BCUT2D eigenvalue weighted by Crippen LogP contribution is -2.52. The summed E-state index contributed by atoms with van der Waals surface area (Å²) in [5.74, 6) is 0.655. The quantitative estimate of drug-likeness (QED) is 0.824. The summed E-state index contributed by atoms with van der Waals surface area (Å²) in [7, 11) is 0. The molecule has 1 saturated carbocycles. The van der Waals surface area contributed by atoms with Gasteiger partial charge in [-0.15, -0.1) is 0 Å². The summed E-state index contributed by atoms with van der Waals surface area (Å²) in [5.41, 5.74) is 2.40. The van der Waals surface area contributed by atoms with Crippen LogP contribution in [0.25, 0.3) is 0 Å².